The van der Waals surface area contributed by atoms with Crippen LogP contribution in [0.15, 0.2) is 48.7 Å². The lowest BCUT2D eigenvalue weighted by Crippen LogP contribution is -2.52. The largest absolute Gasteiger partial charge is 0.324 e. The van der Waals surface area contributed by atoms with E-state index in [9.17, 15) is 9.59 Å². The van der Waals surface area contributed by atoms with Gasteiger partial charge in [-0.1, -0.05) is 31.0 Å². The van der Waals surface area contributed by atoms with Crippen molar-refractivity contribution in [1.29, 1.82) is 0 Å². The Kier molecular flexibility index (Phi) is 8.56. The summed E-state index contributed by atoms with van der Waals surface area (Å²) in [5.74, 6) is -0.357. The number of benzene rings is 2. The number of hydroxylamine groups is 1. The molecule has 1 fully saturated rings. The molecular weight excluding hydrogens is 456 g/mol. The molecule has 0 atom stereocenters. The molecule has 0 aliphatic carbocycles. The van der Waals surface area contributed by atoms with Crippen LogP contribution in [0.3, 0.4) is 0 Å². The summed E-state index contributed by atoms with van der Waals surface area (Å²) in [5, 5.41) is 14.1. The Bertz CT molecular complexity index is 1170. The first-order valence-electron chi connectivity index (χ1n) is 12.7. The summed E-state index contributed by atoms with van der Waals surface area (Å²) in [6, 6.07) is 14.6. The van der Waals surface area contributed by atoms with Crippen molar-refractivity contribution >= 4 is 28.5 Å². The predicted molar refractivity (Wildman–Crippen MR) is 141 cm³/mol. The molecule has 0 unspecified atom stereocenters. The Morgan fingerprint density at radius 1 is 0.944 bits per heavy atom. The van der Waals surface area contributed by atoms with Crippen LogP contribution in [0.2, 0.25) is 0 Å². The minimum atomic E-state index is -0.357. The molecule has 2 N–H and O–H groups in total. The summed E-state index contributed by atoms with van der Waals surface area (Å²) < 4.78 is 1.87. The van der Waals surface area contributed by atoms with Crippen LogP contribution in [0.25, 0.3) is 22.0 Å². The van der Waals surface area contributed by atoms with Gasteiger partial charge in [0.05, 0.1) is 11.7 Å². The van der Waals surface area contributed by atoms with Crippen LogP contribution in [0.5, 0.6) is 0 Å². The lowest BCUT2D eigenvalue weighted by molar-refractivity contribution is -0.129. The van der Waals surface area contributed by atoms with Crippen molar-refractivity contribution in [3.05, 3.63) is 48.7 Å². The highest BCUT2D eigenvalue weighted by Gasteiger charge is 2.25. The number of nitrogens with zero attached hydrogens (tertiary/aromatic N) is 5. The van der Waals surface area contributed by atoms with Gasteiger partial charge in [0, 0.05) is 57.3 Å². The maximum absolute atomic E-state index is 13.5. The topological polar surface area (TPSA) is 93.9 Å². The normalized spacial score (nSPS) is 14.2. The minimum absolute atomic E-state index is 0.0484. The van der Waals surface area contributed by atoms with Crippen LogP contribution in [-0.4, -0.2) is 76.5 Å². The van der Waals surface area contributed by atoms with Crippen LogP contribution in [-0.2, 0) is 11.8 Å². The number of nitrogens with one attached hydrogen (secondary N) is 1. The Hall–Kier alpha value is -3.43. The first-order valence-corrected chi connectivity index (χ1v) is 12.7. The van der Waals surface area contributed by atoms with Crippen molar-refractivity contribution in [3.63, 3.8) is 0 Å². The number of carbonyl (C=O) groups excluding carboxylic acids is 2. The van der Waals surface area contributed by atoms with Gasteiger partial charge in [0.15, 0.2) is 0 Å². The number of anilines is 1. The number of amides is 3. The van der Waals surface area contributed by atoms with Crippen molar-refractivity contribution in [1.82, 2.24) is 25.1 Å². The zero-order valence-corrected chi connectivity index (χ0v) is 21.2. The van der Waals surface area contributed by atoms with E-state index < -0.39 is 0 Å². The predicted octanol–water partition coefficient (Wildman–Crippen LogP) is 3.87. The zero-order valence-electron chi connectivity index (χ0n) is 21.2. The average Bonchev–Trinajstić information content (AvgIpc) is 3.28. The van der Waals surface area contributed by atoms with Gasteiger partial charge in [-0.2, -0.15) is 5.10 Å². The SMILES string of the molecule is CN1CCN(C(=O)N(CCCCCCC(=O)NO)c2ccc(-c3ccc4c(cnn4C)c3)cc2)CC1. The van der Waals surface area contributed by atoms with Gasteiger partial charge >= 0.3 is 6.03 Å². The number of hydrogen-bond donors (Lipinski definition) is 2. The first-order chi connectivity index (χ1) is 17.5. The Balaban J connectivity index is 1.45. The monoisotopic (exact) mass is 492 g/mol. The number of fused-ring (bicyclic) bond motifs is 1. The zero-order chi connectivity index (χ0) is 25.5. The van der Waals surface area contributed by atoms with E-state index in [4.69, 9.17) is 5.21 Å². The number of piperazine rings is 1. The molecule has 1 aliphatic rings. The molecule has 2 heterocycles. The standard InChI is InChI=1S/C27H36N6O3/c1-30-15-17-32(18-16-30)27(35)33(14-6-4-3-5-7-26(34)29-36)24-11-8-21(9-12-24)22-10-13-25-23(19-22)20-28-31(25)2/h8-13,19-20,36H,3-7,14-18H2,1-2H3,(H,29,34). The van der Waals surface area contributed by atoms with Gasteiger partial charge < -0.3 is 9.80 Å². The molecule has 3 aromatic rings. The molecule has 0 spiro atoms. The summed E-state index contributed by atoms with van der Waals surface area (Å²) in [6.07, 6.45) is 5.54. The second kappa shape index (κ2) is 12.0. The molecule has 4 rings (SSSR count). The van der Waals surface area contributed by atoms with E-state index in [1.54, 1.807) is 5.48 Å². The molecule has 3 amide bonds. The highest BCUT2D eigenvalue weighted by atomic mass is 16.5. The lowest BCUT2D eigenvalue weighted by atomic mass is 10.0. The maximum Gasteiger partial charge on any atom is 0.324 e. The molecule has 1 aliphatic heterocycles. The lowest BCUT2D eigenvalue weighted by Gasteiger charge is -2.36. The third kappa shape index (κ3) is 6.22. The fourth-order valence-corrected chi connectivity index (χ4v) is 4.65. The number of aromatic nitrogens is 2. The fourth-order valence-electron chi connectivity index (χ4n) is 4.65. The number of carbonyl (C=O) groups is 2. The number of urea groups is 1. The van der Waals surface area contributed by atoms with E-state index in [-0.39, 0.29) is 11.9 Å². The van der Waals surface area contributed by atoms with E-state index in [0.717, 1.165) is 79.6 Å². The second-order valence-corrected chi connectivity index (χ2v) is 9.51. The van der Waals surface area contributed by atoms with E-state index in [1.165, 1.54) is 0 Å². The molecule has 9 nitrogen and oxygen atoms in total. The van der Waals surface area contributed by atoms with Crippen molar-refractivity contribution in [2.75, 3.05) is 44.7 Å². The summed E-state index contributed by atoms with van der Waals surface area (Å²) in [6.45, 7) is 3.83. The summed E-state index contributed by atoms with van der Waals surface area (Å²) in [5.41, 5.74) is 5.87. The highest BCUT2D eigenvalue weighted by molar-refractivity contribution is 5.92. The summed E-state index contributed by atoms with van der Waals surface area (Å²) in [4.78, 5) is 30.8. The second-order valence-electron chi connectivity index (χ2n) is 9.51. The van der Waals surface area contributed by atoms with Crippen molar-refractivity contribution in [2.45, 2.75) is 32.1 Å². The minimum Gasteiger partial charge on any atom is -0.322 e. The van der Waals surface area contributed by atoms with Crippen LogP contribution in [0.4, 0.5) is 10.5 Å². The number of unbranched alkanes of at least 4 members (excludes halogenated alkanes) is 3. The van der Waals surface area contributed by atoms with Gasteiger partial charge in [-0.25, -0.2) is 10.3 Å². The number of likely N-dealkylation sites (N-methyl/N-ethyl adjacent to an activating group) is 1. The summed E-state index contributed by atoms with van der Waals surface area (Å²) in [7, 11) is 4.02. The Morgan fingerprint density at radius 2 is 1.64 bits per heavy atom. The van der Waals surface area contributed by atoms with Gasteiger partial charge in [0.2, 0.25) is 5.91 Å². The highest BCUT2D eigenvalue weighted by Crippen LogP contribution is 2.27. The van der Waals surface area contributed by atoms with Gasteiger partial charge in [-0.05, 0) is 55.3 Å². The number of aryl methyl sites for hydroxylation is 1. The van der Waals surface area contributed by atoms with Crippen molar-refractivity contribution < 1.29 is 14.8 Å². The molecule has 192 valence electrons. The molecule has 1 saturated heterocycles. The van der Waals surface area contributed by atoms with Crippen molar-refractivity contribution in [2.24, 2.45) is 7.05 Å². The Labute approximate surface area is 212 Å². The van der Waals surface area contributed by atoms with E-state index >= 15 is 0 Å². The molecule has 9 heteroatoms. The number of rotatable bonds is 9. The molecule has 0 saturated carbocycles. The molecular formula is C27H36N6O3. The fraction of sp³-hybridized carbons (Fsp3) is 0.444. The molecule has 0 radical (unpaired) electrons. The summed E-state index contributed by atoms with van der Waals surface area (Å²) >= 11 is 0. The van der Waals surface area contributed by atoms with Crippen LogP contribution >= 0.6 is 0 Å². The molecule has 36 heavy (non-hydrogen) atoms. The van der Waals surface area contributed by atoms with Gasteiger partial charge in [-0.15, -0.1) is 0 Å². The number of hydrogen-bond acceptors (Lipinski definition) is 5. The molecule has 2 aromatic carbocycles. The molecule has 1 aromatic heterocycles. The quantitative estimate of drug-likeness (QED) is 0.269. The third-order valence-corrected chi connectivity index (χ3v) is 6.92. The van der Waals surface area contributed by atoms with Crippen molar-refractivity contribution in [3.8, 4) is 11.1 Å². The average molecular weight is 493 g/mol. The maximum atomic E-state index is 13.5. The van der Waals surface area contributed by atoms with E-state index in [2.05, 4.69) is 47.4 Å². The van der Waals surface area contributed by atoms with Gasteiger partial charge in [-0.3, -0.25) is 19.6 Å². The molecule has 0 bridgehead atoms. The van der Waals surface area contributed by atoms with Crippen LogP contribution in [0.1, 0.15) is 32.1 Å². The van der Waals surface area contributed by atoms with Gasteiger partial charge in [0.1, 0.15) is 0 Å². The van der Waals surface area contributed by atoms with E-state index in [1.807, 2.05) is 39.9 Å². The van der Waals surface area contributed by atoms with E-state index in [0.29, 0.717) is 13.0 Å². The van der Waals surface area contributed by atoms with Crippen LogP contribution < -0.4 is 10.4 Å². The smallest absolute Gasteiger partial charge is 0.322 e. The Morgan fingerprint density at radius 3 is 2.36 bits per heavy atom. The first kappa shape index (κ1) is 25.7. The van der Waals surface area contributed by atoms with Gasteiger partial charge in [0.25, 0.3) is 0 Å². The van der Waals surface area contributed by atoms with Crippen LogP contribution in [0, 0.1) is 0 Å². The third-order valence-electron chi connectivity index (χ3n) is 6.92.